The SMILES string of the molecule is COC(=O)c1c(C)cnc(Br)c1Br. The first-order valence-corrected chi connectivity index (χ1v) is 5.05. The van der Waals surface area contributed by atoms with Gasteiger partial charge in [-0.3, -0.25) is 0 Å². The largest absolute Gasteiger partial charge is 0.465 e. The van der Waals surface area contributed by atoms with Crippen molar-refractivity contribution in [1.29, 1.82) is 0 Å². The molecule has 13 heavy (non-hydrogen) atoms. The molecule has 0 aliphatic rings. The highest BCUT2D eigenvalue weighted by Crippen LogP contribution is 2.27. The zero-order valence-electron chi connectivity index (χ0n) is 7.10. The van der Waals surface area contributed by atoms with Crippen molar-refractivity contribution in [3.63, 3.8) is 0 Å². The first kappa shape index (κ1) is 10.7. The number of hydrogen-bond acceptors (Lipinski definition) is 3. The van der Waals surface area contributed by atoms with Gasteiger partial charge in [0.05, 0.1) is 17.1 Å². The van der Waals surface area contributed by atoms with Gasteiger partial charge in [-0.2, -0.15) is 0 Å². The molecule has 0 bridgehead atoms. The number of methoxy groups -OCH3 is 1. The summed E-state index contributed by atoms with van der Waals surface area (Å²) in [5.74, 6) is -0.368. The summed E-state index contributed by atoms with van der Waals surface area (Å²) in [6.45, 7) is 1.80. The van der Waals surface area contributed by atoms with Crippen LogP contribution in [0.25, 0.3) is 0 Å². The van der Waals surface area contributed by atoms with E-state index >= 15 is 0 Å². The number of halogens is 2. The average Bonchev–Trinajstić information content (AvgIpc) is 2.12. The smallest absolute Gasteiger partial charge is 0.339 e. The maximum Gasteiger partial charge on any atom is 0.339 e. The highest BCUT2D eigenvalue weighted by molar-refractivity contribution is 9.13. The van der Waals surface area contributed by atoms with Crippen molar-refractivity contribution >= 4 is 37.8 Å². The molecule has 0 atom stereocenters. The van der Waals surface area contributed by atoms with E-state index in [-0.39, 0.29) is 5.97 Å². The fourth-order valence-electron chi connectivity index (χ4n) is 0.904. The van der Waals surface area contributed by atoms with Crippen LogP contribution in [-0.4, -0.2) is 18.1 Å². The number of rotatable bonds is 1. The van der Waals surface area contributed by atoms with E-state index in [0.717, 1.165) is 5.56 Å². The summed E-state index contributed by atoms with van der Waals surface area (Å²) in [5, 5.41) is 0. The monoisotopic (exact) mass is 307 g/mol. The minimum atomic E-state index is -0.368. The molecule has 1 rings (SSSR count). The molecule has 0 saturated carbocycles. The predicted octanol–water partition coefficient (Wildman–Crippen LogP) is 2.70. The molecule has 0 spiro atoms. The molecule has 5 heteroatoms. The van der Waals surface area contributed by atoms with Crippen molar-refractivity contribution in [2.24, 2.45) is 0 Å². The standard InChI is InChI=1S/C8H7Br2NO2/c1-4-3-11-7(10)6(9)5(4)8(12)13-2/h3H,1-2H3. The number of aromatic nitrogens is 1. The molecule has 0 aliphatic heterocycles. The second kappa shape index (κ2) is 4.19. The number of carbonyl (C=O) groups excluding carboxylic acids is 1. The summed E-state index contributed by atoms with van der Waals surface area (Å²) in [7, 11) is 1.35. The van der Waals surface area contributed by atoms with E-state index in [1.54, 1.807) is 13.1 Å². The third kappa shape index (κ3) is 2.08. The van der Waals surface area contributed by atoms with Crippen LogP contribution in [0.3, 0.4) is 0 Å². The van der Waals surface area contributed by atoms with Gasteiger partial charge in [-0.05, 0) is 44.3 Å². The maximum absolute atomic E-state index is 11.3. The third-order valence-electron chi connectivity index (χ3n) is 1.56. The second-order valence-electron chi connectivity index (χ2n) is 2.41. The Kier molecular flexibility index (Phi) is 3.44. The van der Waals surface area contributed by atoms with Gasteiger partial charge < -0.3 is 4.74 Å². The second-order valence-corrected chi connectivity index (χ2v) is 3.96. The zero-order chi connectivity index (χ0) is 10.0. The van der Waals surface area contributed by atoms with Crippen LogP contribution >= 0.6 is 31.9 Å². The lowest BCUT2D eigenvalue weighted by Crippen LogP contribution is -2.06. The van der Waals surface area contributed by atoms with Gasteiger partial charge >= 0.3 is 5.97 Å². The van der Waals surface area contributed by atoms with E-state index in [1.165, 1.54) is 7.11 Å². The number of esters is 1. The molecular formula is C8H7Br2NO2. The van der Waals surface area contributed by atoms with Crippen molar-refractivity contribution in [1.82, 2.24) is 4.98 Å². The zero-order valence-corrected chi connectivity index (χ0v) is 10.3. The molecule has 0 unspecified atom stereocenters. The summed E-state index contributed by atoms with van der Waals surface area (Å²) in [6.07, 6.45) is 1.61. The minimum Gasteiger partial charge on any atom is -0.465 e. The lowest BCUT2D eigenvalue weighted by Gasteiger charge is -2.06. The Hall–Kier alpha value is -0.420. The fourth-order valence-corrected chi connectivity index (χ4v) is 1.78. The molecule has 0 N–H and O–H groups in total. The summed E-state index contributed by atoms with van der Waals surface area (Å²) < 4.78 is 5.86. The van der Waals surface area contributed by atoms with Crippen LogP contribution in [0.5, 0.6) is 0 Å². The number of pyridine rings is 1. The third-order valence-corrected chi connectivity index (χ3v) is 3.46. The molecule has 0 amide bonds. The van der Waals surface area contributed by atoms with E-state index in [0.29, 0.717) is 14.6 Å². The van der Waals surface area contributed by atoms with Crippen LogP contribution in [0, 0.1) is 6.92 Å². The van der Waals surface area contributed by atoms with Gasteiger partial charge in [0.2, 0.25) is 0 Å². The Bertz CT molecular complexity index is 352. The highest BCUT2D eigenvalue weighted by atomic mass is 79.9. The van der Waals surface area contributed by atoms with Crippen molar-refractivity contribution < 1.29 is 9.53 Å². The van der Waals surface area contributed by atoms with Gasteiger partial charge in [-0.15, -0.1) is 0 Å². The summed E-state index contributed by atoms with van der Waals surface area (Å²) >= 11 is 6.47. The number of ether oxygens (including phenoxy) is 1. The maximum atomic E-state index is 11.3. The minimum absolute atomic E-state index is 0.368. The molecule has 0 aromatic carbocycles. The Morgan fingerprint density at radius 1 is 1.54 bits per heavy atom. The lowest BCUT2D eigenvalue weighted by molar-refractivity contribution is 0.0598. The summed E-state index contributed by atoms with van der Waals surface area (Å²) in [4.78, 5) is 15.3. The van der Waals surface area contributed by atoms with Crippen LogP contribution in [0.15, 0.2) is 15.3 Å². The molecule has 0 saturated heterocycles. The number of aryl methyl sites for hydroxylation is 1. The van der Waals surface area contributed by atoms with Crippen molar-refractivity contribution in [3.8, 4) is 0 Å². The average molecular weight is 309 g/mol. The molecular weight excluding hydrogens is 302 g/mol. The van der Waals surface area contributed by atoms with Crippen LogP contribution in [-0.2, 0) is 4.74 Å². The first-order chi connectivity index (χ1) is 6.07. The van der Waals surface area contributed by atoms with Crippen LogP contribution in [0.4, 0.5) is 0 Å². The van der Waals surface area contributed by atoms with Gasteiger partial charge in [0, 0.05) is 6.20 Å². The van der Waals surface area contributed by atoms with Crippen LogP contribution in [0.1, 0.15) is 15.9 Å². The Morgan fingerprint density at radius 2 is 2.15 bits per heavy atom. The molecule has 1 aromatic rings. The van der Waals surface area contributed by atoms with Crippen molar-refractivity contribution in [2.45, 2.75) is 6.92 Å². The van der Waals surface area contributed by atoms with Crippen molar-refractivity contribution in [2.75, 3.05) is 7.11 Å². The summed E-state index contributed by atoms with van der Waals surface area (Å²) in [5.41, 5.74) is 1.28. The Labute approximate surface area is 92.8 Å². The van der Waals surface area contributed by atoms with Crippen LogP contribution in [0.2, 0.25) is 0 Å². The first-order valence-electron chi connectivity index (χ1n) is 3.46. The molecule has 0 aliphatic carbocycles. The van der Waals surface area contributed by atoms with Gasteiger partial charge in [-0.1, -0.05) is 0 Å². The van der Waals surface area contributed by atoms with E-state index in [2.05, 4.69) is 41.6 Å². The molecule has 0 radical (unpaired) electrons. The Morgan fingerprint density at radius 3 is 2.69 bits per heavy atom. The van der Waals surface area contributed by atoms with E-state index < -0.39 is 0 Å². The molecule has 3 nitrogen and oxygen atoms in total. The van der Waals surface area contributed by atoms with Gasteiger partial charge in [0.25, 0.3) is 0 Å². The molecule has 1 aromatic heterocycles. The Balaban J connectivity index is 3.33. The van der Waals surface area contributed by atoms with E-state index in [4.69, 9.17) is 0 Å². The van der Waals surface area contributed by atoms with E-state index in [1.807, 2.05) is 0 Å². The molecule has 1 heterocycles. The number of carbonyl (C=O) groups is 1. The van der Waals surface area contributed by atoms with E-state index in [9.17, 15) is 4.79 Å². The fraction of sp³-hybridized carbons (Fsp3) is 0.250. The van der Waals surface area contributed by atoms with Gasteiger partial charge in [0.1, 0.15) is 4.60 Å². The predicted molar refractivity (Wildman–Crippen MR) is 55.7 cm³/mol. The molecule has 70 valence electrons. The normalized spacial score (nSPS) is 9.85. The van der Waals surface area contributed by atoms with Gasteiger partial charge in [-0.25, -0.2) is 9.78 Å². The lowest BCUT2D eigenvalue weighted by atomic mass is 10.2. The number of nitrogens with zero attached hydrogens (tertiary/aromatic N) is 1. The quantitative estimate of drug-likeness (QED) is 0.591. The van der Waals surface area contributed by atoms with Gasteiger partial charge in [0.15, 0.2) is 0 Å². The molecule has 0 fully saturated rings. The van der Waals surface area contributed by atoms with Crippen molar-refractivity contribution in [3.05, 3.63) is 26.4 Å². The number of hydrogen-bond donors (Lipinski definition) is 0. The topological polar surface area (TPSA) is 39.2 Å². The highest BCUT2D eigenvalue weighted by Gasteiger charge is 2.16. The van der Waals surface area contributed by atoms with Crippen LogP contribution < -0.4 is 0 Å². The summed E-state index contributed by atoms with van der Waals surface area (Å²) in [6, 6.07) is 0.